The minimum absolute atomic E-state index is 0.0762. The van der Waals surface area contributed by atoms with E-state index < -0.39 is 5.82 Å². The maximum absolute atomic E-state index is 16.8. The number of ether oxygens (including phenoxy) is 1. The van der Waals surface area contributed by atoms with Crippen molar-refractivity contribution in [3.05, 3.63) is 54.0 Å². The third-order valence-corrected chi connectivity index (χ3v) is 10.3. The third kappa shape index (κ3) is 4.21. The molecule has 0 amide bonds. The lowest BCUT2D eigenvalue weighted by molar-refractivity contribution is 0.114. The van der Waals surface area contributed by atoms with E-state index in [2.05, 4.69) is 33.1 Å². The fourth-order valence-electron chi connectivity index (χ4n) is 8.21. The smallest absolute Gasteiger partial charge is 0.175 e. The zero-order valence-corrected chi connectivity index (χ0v) is 24.2. The molecule has 0 saturated carbocycles. The van der Waals surface area contributed by atoms with Gasteiger partial charge in [0.15, 0.2) is 5.82 Å². The summed E-state index contributed by atoms with van der Waals surface area (Å²) >= 11 is 0. The predicted molar refractivity (Wildman–Crippen MR) is 164 cm³/mol. The van der Waals surface area contributed by atoms with Gasteiger partial charge in [0.05, 0.1) is 10.9 Å². The van der Waals surface area contributed by atoms with Gasteiger partial charge in [-0.25, -0.2) is 9.37 Å². The fraction of sp³-hybridized carbons (Fsp3) is 0.471. The molecule has 2 bridgehead atoms. The van der Waals surface area contributed by atoms with Gasteiger partial charge in [0.25, 0.3) is 0 Å². The Morgan fingerprint density at radius 3 is 2.64 bits per heavy atom. The summed E-state index contributed by atoms with van der Waals surface area (Å²) in [6.45, 7) is 6.64. The molecule has 2 aromatic heterocycles. The zero-order chi connectivity index (χ0) is 28.4. The van der Waals surface area contributed by atoms with Crippen LogP contribution in [0.5, 0.6) is 11.5 Å². The first-order valence-corrected chi connectivity index (χ1v) is 15.6. The van der Waals surface area contributed by atoms with Gasteiger partial charge in [-0.1, -0.05) is 25.1 Å². The molecule has 0 spiro atoms. The van der Waals surface area contributed by atoms with Crippen molar-refractivity contribution in [1.29, 1.82) is 0 Å². The molecular formula is C34H38FN5O2. The van der Waals surface area contributed by atoms with E-state index in [0.717, 1.165) is 80.4 Å². The van der Waals surface area contributed by atoms with E-state index in [9.17, 15) is 5.11 Å². The first-order valence-electron chi connectivity index (χ1n) is 15.6. The van der Waals surface area contributed by atoms with Crippen LogP contribution in [0.3, 0.4) is 0 Å². The number of halogens is 1. The van der Waals surface area contributed by atoms with Crippen molar-refractivity contribution >= 4 is 27.5 Å². The van der Waals surface area contributed by atoms with Gasteiger partial charge >= 0.3 is 0 Å². The first-order chi connectivity index (χ1) is 20.5. The van der Waals surface area contributed by atoms with E-state index in [1.807, 2.05) is 18.2 Å². The molecule has 4 fully saturated rings. The molecule has 6 heterocycles. The van der Waals surface area contributed by atoms with Crippen LogP contribution >= 0.6 is 0 Å². The number of aryl methyl sites for hydroxylation is 1. The van der Waals surface area contributed by atoms with Gasteiger partial charge in [-0.05, 0) is 86.5 Å². The Morgan fingerprint density at radius 2 is 1.88 bits per heavy atom. The summed E-state index contributed by atoms with van der Waals surface area (Å²) in [6.07, 6.45) is 9.50. The van der Waals surface area contributed by atoms with Crippen molar-refractivity contribution in [3.63, 3.8) is 0 Å². The number of pyridine rings is 2. The molecule has 4 aromatic rings. The van der Waals surface area contributed by atoms with E-state index in [0.29, 0.717) is 35.4 Å². The summed E-state index contributed by atoms with van der Waals surface area (Å²) in [5.41, 5.74) is 2.23. The van der Waals surface area contributed by atoms with E-state index in [-0.39, 0.29) is 22.5 Å². The van der Waals surface area contributed by atoms with Gasteiger partial charge in [-0.2, -0.15) is 0 Å². The van der Waals surface area contributed by atoms with Gasteiger partial charge in [-0.15, -0.1) is 0 Å². The maximum atomic E-state index is 16.8. The largest absolute Gasteiger partial charge is 0.508 e. The number of aromatic hydroxyl groups is 1. The molecule has 0 aliphatic carbocycles. The number of hydrogen-bond acceptors (Lipinski definition) is 7. The Morgan fingerprint density at radius 1 is 1.10 bits per heavy atom. The van der Waals surface area contributed by atoms with Gasteiger partial charge < -0.3 is 20.1 Å². The lowest BCUT2D eigenvalue weighted by Crippen LogP contribution is -2.51. The normalized spacial score (nSPS) is 23.2. The Labute approximate surface area is 245 Å². The van der Waals surface area contributed by atoms with E-state index in [4.69, 9.17) is 9.72 Å². The highest BCUT2D eigenvalue weighted by Gasteiger charge is 2.45. The van der Waals surface area contributed by atoms with E-state index in [1.54, 1.807) is 18.3 Å². The van der Waals surface area contributed by atoms with Crippen LogP contribution in [0.1, 0.15) is 51.0 Å². The van der Waals surface area contributed by atoms with Gasteiger partial charge in [0.2, 0.25) is 0 Å². The fourth-order valence-corrected chi connectivity index (χ4v) is 8.21. The first kappa shape index (κ1) is 26.2. The van der Waals surface area contributed by atoms with Crippen molar-refractivity contribution < 1.29 is 14.2 Å². The lowest BCUT2D eigenvalue weighted by atomic mass is 9.95. The van der Waals surface area contributed by atoms with Crippen LogP contribution < -0.4 is 15.0 Å². The minimum Gasteiger partial charge on any atom is -0.508 e. The molecular weight excluding hydrogens is 529 g/mol. The molecule has 42 heavy (non-hydrogen) atoms. The summed E-state index contributed by atoms with van der Waals surface area (Å²) in [5, 5.41) is 16.7. The second-order valence-electron chi connectivity index (χ2n) is 12.8. The number of piperazine rings is 1. The molecule has 2 atom stereocenters. The highest BCUT2D eigenvalue weighted by molar-refractivity contribution is 6.01. The number of fused-ring (bicyclic) bond motifs is 5. The van der Waals surface area contributed by atoms with Crippen LogP contribution in [0.15, 0.2) is 42.6 Å². The number of aromatic nitrogens is 2. The van der Waals surface area contributed by atoms with Crippen LogP contribution in [-0.2, 0) is 6.42 Å². The topological polar surface area (TPSA) is 73.8 Å². The van der Waals surface area contributed by atoms with Crippen LogP contribution in [0, 0.1) is 5.82 Å². The Bertz CT molecular complexity index is 1670. The number of anilines is 1. The Kier molecular flexibility index (Phi) is 6.26. The highest BCUT2D eigenvalue weighted by Crippen LogP contribution is 2.42. The van der Waals surface area contributed by atoms with Crippen molar-refractivity contribution in [2.24, 2.45) is 0 Å². The number of nitrogens with one attached hydrogen (secondary N) is 1. The summed E-state index contributed by atoms with van der Waals surface area (Å²) in [5.74, 6) is 1.03. The van der Waals surface area contributed by atoms with Gasteiger partial charge in [-0.3, -0.25) is 9.88 Å². The van der Waals surface area contributed by atoms with Crippen molar-refractivity contribution in [2.75, 3.05) is 37.7 Å². The number of phenolic OH excluding ortho intramolecular Hbond substituents is 1. The SMILES string of the molecule is CCc1cccc2cc(O)cc(-c3ncc4c(OCC56CCCN5CCC6)cc(N5CC6CCC(C5)N6)nc4c3F)c12. The Balaban J connectivity index is 1.27. The molecule has 0 radical (unpaired) electrons. The van der Waals surface area contributed by atoms with Crippen molar-refractivity contribution in [2.45, 2.75) is 69.5 Å². The van der Waals surface area contributed by atoms with Crippen LogP contribution in [0.25, 0.3) is 32.9 Å². The number of nitrogens with zero attached hydrogens (tertiary/aromatic N) is 4. The summed E-state index contributed by atoms with van der Waals surface area (Å²) < 4.78 is 23.5. The molecule has 2 aromatic carbocycles. The average molecular weight is 568 g/mol. The van der Waals surface area contributed by atoms with Crippen molar-refractivity contribution in [3.8, 4) is 22.8 Å². The molecule has 7 nitrogen and oxygen atoms in total. The number of phenols is 1. The quantitative estimate of drug-likeness (QED) is 0.305. The summed E-state index contributed by atoms with van der Waals surface area (Å²) in [6, 6.07) is 12.2. The van der Waals surface area contributed by atoms with Crippen molar-refractivity contribution in [1.82, 2.24) is 20.2 Å². The van der Waals surface area contributed by atoms with Gasteiger partial charge in [0.1, 0.15) is 35.1 Å². The number of hydrogen-bond donors (Lipinski definition) is 2. The molecule has 218 valence electrons. The number of benzene rings is 2. The second-order valence-corrected chi connectivity index (χ2v) is 12.8. The number of rotatable bonds is 6. The molecule has 2 N–H and O–H groups in total. The zero-order valence-electron chi connectivity index (χ0n) is 24.2. The standard InChI is InChI=1S/C34H38FN5O2/c1-2-21-6-3-7-22-14-25(41)15-26(30(21)22)32-31(35)33-27(17-36-32)28(42-20-34-10-4-12-40(34)13-5-11-34)16-29(38-33)39-18-23-8-9-24(19-39)37-23/h3,6-7,14-17,23-24,37,41H,2,4-5,8-13,18-20H2,1H3. The maximum Gasteiger partial charge on any atom is 0.175 e. The molecule has 4 saturated heterocycles. The summed E-state index contributed by atoms with van der Waals surface area (Å²) in [7, 11) is 0. The highest BCUT2D eigenvalue weighted by atomic mass is 19.1. The summed E-state index contributed by atoms with van der Waals surface area (Å²) in [4.78, 5) is 14.5. The Hall–Kier alpha value is -3.49. The molecule has 4 aliphatic heterocycles. The van der Waals surface area contributed by atoms with Crippen LogP contribution in [-0.4, -0.2) is 70.4 Å². The van der Waals surface area contributed by atoms with Crippen LogP contribution in [0.2, 0.25) is 0 Å². The monoisotopic (exact) mass is 567 g/mol. The third-order valence-electron chi connectivity index (χ3n) is 10.3. The molecule has 8 heteroatoms. The minimum atomic E-state index is -0.475. The van der Waals surface area contributed by atoms with E-state index >= 15 is 4.39 Å². The van der Waals surface area contributed by atoms with Gasteiger partial charge in [0, 0.05) is 43.0 Å². The van der Waals surface area contributed by atoms with E-state index in [1.165, 1.54) is 12.8 Å². The average Bonchev–Trinajstić information content (AvgIpc) is 3.68. The molecule has 2 unspecified atom stereocenters. The van der Waals surface area contributed by atoms with Crippen LogP contribution in [0.4, 0.5) is 10.2 Å². The molecule has 4 aliphatic rings. The lowest BCUT2D eigenvalue weighted by Gasteiger charge is -2.34. The molecule has 8 rings (SSSR count). The second kappa shape index (κ2) is 10.1. The predicted octanol–water partition coefficient (Wildman–Crippen LogP) is 5.80.